The van der Waals surface area contributed by atoms with Crippen molar-refractivity contribution in [2.75, 3.05) is 0 Å². The number of aromatic nitrogens is 1. The van der Waals surface area contributed by atoms with Crippen molar-refractivity contribution in [1.82, 2.24) is 4.98 Å². The number of para-hydroxylation sites is 1. The van der Waals surface area contributed by atoms with Crippen LogP contribution in [0.1, 0.15) is 25.3 Å². The monoisotopic (exact) mass is 247 g/mol. The number of halogens is 1. The maximum Gasteiger partial charge on any atom is 0.172 e. The largest absolute Gasteiger partial charge is 0.454 e. The molecule has 0 aliphatic heterocycles. The molecule has 2 nitrogen and oxygen atoms in total. The molecule has 0 amide bonds. The Morgan fingerprint density at radius 3 is 2.47 bits per heavy atom. The lowest BCUT2D eigenvalue weighted by Crippen LogP contribution is -1.96. The smallest absolute Gasteiger partial charge is 0.172 e. The molecule has 2 aromatic rings. The molecule has 0 unspecified atom stereocenters. The molecule has 0 bridgehead atoms. The summed E-state index contributed by atoms with van der Waals surface area (Å²) in [6.07, 6.45) is 1.70. The van der Waals surface area contributed by atoms with Gasteiger partial charge in [-0.15, -0.1) is 0 Å². The van der Waals surface area contributed by atoms with E-state index in [4.69, 9.17) is 16.3 Å². The molecule has 0 saturated heterocycles. The first-order valence-corrected chi connectivity index (χ1v) is 5.93. The van der Waals surface area contributed by atoms with Crippen molar-refractivity contribution in [2.24, 2.45) is 0 Å². The van der Waals surface area contributed by atoms with Gasteiger partial charge in [-0.2, -0.15) is 0 Å². The summed E-state index contributed by atoms with van der Waals surface area (Å²) in [5, 5.41) is 0.403. The van der Waals surface area contributed by atoms with Gasteiger partial charge in [0.25, 0.3) is 0 Å². The molecule has 0 aliphatic rings. The summed E-state index contributed by atoms with van der Waals surface area (Å²) in [7, 11) is 0. The van der Waals surface area contributed by atoms with E-state index in [0.717, 1.165) is 11.3 Å². The molecule has 0 N–H and O–H groups in total. The summed E-state index contributed by atoms with van der Waals surface area (Å²) < 4.78 is 5.81. The van der Waals surface area contributed by atoms with E-state index < -0.39 is 0 Å². The third-order valence-electron chi connectivity index (χ3n) is 2.48. The highest BCUT2D eigenvalue weighted by Gasteiger charge is 2.13. The number of benzene rings is 1. The van der Waals surface area contributed by atoms with Gasteiger partial charge in [-0.3, -0.25) is 0 Å². The van der Waals surface area contributed by atoms with E-state index in [2.05, 4.69) is 18.8 Å². The zero-order valence-corrected chi connectivity index (χ0v) is 10.6. The normalized spacial score (nSPS) is 10.6. The van der Waals surface area contributed by atoms with Crippen molar-refractivity contribution in [3.05, 3.63) is 53.3 Å². The van der Waals surface area contributed by atoms with Crippen molar-refractivity contribution < 1.29 is 4.74 Å². The van der Waals surface area contributed by atoms with Crippen LogP contribution in [0.4, 0.5) is 0 Å². The number of hydrogen-bond acceptors (Lipinski definition) is 2. The third kappa shape index (κ3) is 2.77. The first-order chi connectivity index (χ1) is 8.18. The molecule has 88 valence electrons. The second kappa shape index (κ2) is 5.19. The fourth-order valence-corrected chi connectivity index (χ4v) is 1.80. The van der Waals surface area contributed by atoms with Crippen LogP contribution in [0, 0.1) is 0 Å². The molecule has 0 fully saturated rings. The minimum Gasteiger partial charge on any atom is -0.454 e. The van der Waals surface area contributed by atoms with Crippen molar-refractivity contribution >= 4 is 11.6 Å². The van der Waals surface area contributed by atoms with Gasteiger partial charge in [0.05, 0.1) is 0 Å². The first-order valence-electron chi connectivity index (χ1n) is 5.56. The van der Waals surface area contributed by atoms with E-state index in [1.165, 1.54) is 0 Å². The molecule has 0 saturated carbocycles. The van der Waals surface area contributed by atoms with E-state index in [1.807, 2.05) is 36.4 Å². The molecule has 2 rings (SSSR count). The van der Waals surface area contributed by atoms with Crippen molar-refractivity contribution in [1.29, 1.82) is 0 Å². The van der Waals surface area contributed by atoms with Gasteiger partial charge in [-0.05, 0) is 24.1 Å². The van der Waals surface area contributed by atoms with Gasteiger partial charge in [0.2, 0.25) is 0 Å². The highest BCUT2D eigenvalue weighted by atomic mass is 35.5. The second-order valence-electron chi connectivity index (χ2n) is 4.09. The van der Waals surface area contributed by atoms with Gasteiger partial charge in [0, 0.05) is 11.8 Å². The molecule has 0 spiro atoms. The quantitative estimate of drug-likeness (QED) is 0.737. The Morgan fingerprint density at radius 1 is 1.12 bits per heavy atom. The van der Waals surface area contributed by atoms with Crippen molar-refractivity contribution in [2.45, 2.75) is 19.8 Å². The molecule has 1 aromatic carbocycles. The second-order valence-corrected chi connectivity index (χ2v) is 4.45. The summed E-state index contributed by atoms with van der Waals surface area (Å²) in [4.78, 5) is 4.06. The van der Waals surface area contributed by atoms with Crippen LogP contribution >= 0.6 is 11.6 Å². The number of hydrogen-bond donors (Lipinski definition) is 0. The first kappa shape index (κ1) is 11.9. The molecule has 0 atom stereocenters. The fraction of sp³-hybridized carbons (Fsp3) is 0.214. The lowest BCUT2D eigenvalue weighted by molar-refractivity contribution is 0.471. The Kier molecular flexibility index (Phi) is 3.64. The highest BCUT2D eigenvalue weighted by Crippen LogP contribution is 2.35. The average molecular weight is 248 g/mol. The lowest BCUT2D eigenvalue weighted by Gasteiger charge is -2.14. The van der Waals surface area contributed by atoms with Gasteiger partial charge in [-0.1, -0.05) is 43.6 Å². The minimum absolute atomic E-state index is 0.342. The Bertz CT molecular complexity index is 497. The van der Waals surface area contributed by atoms with Gasteiger partial charge in [0.15, 0.2) is 10.9 Å². The lowest BCUT2D eigenvalue weighted by atomic mass is 10.0. The van der Waals surface area contributed by atoms with Crippen LogP contribution in [0.5, 0.6) is 11.5 Å². The molecule has 0 aliphatic carbocycles. The van der Waals surface area contributed by atoms with Crippen molar-refractivity contribution in [3.8, 4) is 11.5 Å². The summed E-state index contributed by atoms with van der Waals surface area (Å²) in [6.45, 7) is 4.20. The van der Waals surface area contributed by atoms with Crippen LogP contribution in [0.15, 0.2) is 42.6 Å². The van der Waals surface area contributed by atoms with E-state index in [0.29, 0.717) is 16.8 Å². The number of rotatable bonds is 3. The van der Waals surface area contributed by atoms with E-state index in [1.54, 1.807) is 6.20 Å². The Labute approximate surface area is 106 Å². The topological polar surface area (TPSA) is 22.1 Å². The average Bonchev–Trinajstić information content (AvgIpc) is 2.33. The number of ether oxygens (including phenoxy) is 1. The molecule has 3 heteroatoms. The summed E-state index contributed by atoms with van der Waals surface area (Å²) in [5.41, 5.74) is 1.06. The predicted octanol–water partition coefficient (Wildman–Crippen LogP) is 4.65. The molecule has 1 heterocycles. The van der Waals surface area contributed by atoms with Crippen LogP contribution in [0.3, 0.4) is 0 Å². The fourth-order valence-electron chi connectivity index (χ4n) is 1.60. The molecular weight excluding hydrogens is 234 g/mol. The Balaban J connectivity index is 2.38. The van der Waals surface area contributed by atoms with Crippen molar-refractivity contribution in [3.63, 3.8) is 0 Å². The standard InChI is InChI=1S/C14H14ClNO/c1-10(2)12-8-9-16-14(15)13(12)17-11-6-4-3-5-7-11/h3-10H,1-2H3. The van der Waals surface area contributed by atoms with E-state index in [-0.39, 0.29) is 0 Å². The van der Waals surface area contributed by atoms with Gasteiger partial charge >= 0.3 is 0 Å². The highest BCUT2D eigenvalue weighted by molar-refractivity contribution is 6.31. The van der Waals surface area contributed by atoms with Gasteiger partial charge < -0.3 is 4.74 Å². The van der Waals surface area contributed by atoms with Crippen LogP contribution in [0.25, 0.3) is 0 Å². The maximum atomic E-state index is 6.09. The summed E-state index contributed by atoms with van der Waals surface area (Å²) in [6, 6.07) is 11.5. The van der Waals surface area contributed by atoms with Crippen LogP contribution < -0.4 is 4.74 Å². The van der Waals surface area contributed by atoms with Gasteiger partial charge in [0.1, 0.15) is 5.75 Å². The number of nitrogens with zero attached hydrogens (tertiary/aromatic N) is 1. The zero-order chi connectivity index (χ0) is 12.3. The summed E-state index contributed by atoms with van der Waals surface area (Å²) >= 11 is 6.09. The summed E-state index contributed by atoms with van der Waals surface area (Å²) in [5.74, 6) is 1.76. The molecular formula is C14H14ClNO. The Hall–Kier alpha value is -1.54. The minimum atomic E-state index is 0.342. The predicted molar refractivity (Wildman–Crippen MR) is 69.9 cm³/mol. The van der Waals surface area contributed by atoms with Crippen LogP contribution in [-0.4, -0.2) is 4.98 Å². The van der Waals surface area contributed by atoms with Gasteiger partial charge in [-0.25, -0.2) is 4.98 Å². The van der Waals surface area contributed by atoms with Crippen LogP contribution in [0.2, 0.25) is 5.15 Å². The zero-order valence-electron chi connectivity index (χ0n) is 9.85. The van der Waals surface area contributed by atoms with Crippen LogP contribution in [-0.2, 0) is 0 Å². The maximum absolute atomic E-state index is 6.09. The molecule has 0 radical (unpaired) electrons. The SMILES string of the molecule is CC(C)c1ccnc(Cl)c1Oc1ccccc1. The molecule has 1 aromatic heterocycles. The van der Waals surface area contributed by atoms with E-state index >= 15 is 0 Å². The van der Waals surface area contributed by atoms with E-state index in [9.17, 15) is 0 Å². The third-order valence-corrected chi connectivity index (χ3v) is 2.75. The molecule has 17 heavy (non-hydrogen) atoms. The Morgan fingerprint density at radius 2 is 1.82 bits per heavy atom. The number of pyridine rings is 1.